The Balaban J connectivity index is 2.19. The summed E-state index contributed by atoms with van der Waals surface area (Å²) >= 11 is 0. The molecule has 1 atom stereocenters. The van der Waals surface area contributed by atoms with Gasteiger partial charge in [0.15, 0.2) is 0 Å². The van der Waals surface area contributed by atoms with Gasteiger partial charge in [0.1, 0.15) is 5.75 Å². The number of carbonyl (C=O) groups is 1. The van der Waals surface area contributed by atoms with Crippen LogP contribution in [0.4, 0.5) is 4.79 Å². The van der Waals surface area contributed by atoms with Gasteiger partial charge in [0, 0.05) is 12.5 Å². The largest absolute Gasteiger partial charge is 0.497 e. The van der Waals surface area contributed by atoms with Gasteiger partial charge < -0.3 is 15.2 Å². The summed E-state index contributed by atoms with van der Waals surface area (Å²) in [4.78, 5) is 10.8. The van der Waals surface area contributed by atoms with E-state index in [0.717, 1.165) is 24.2 Å². The molecule has 0 spiro atoms. The molecule has 0 saturated heterocycles. The van der Waals surface area contributed by atoms with Crippen molar-refractivity contribution >= 4 is 6.09 Å². The van der Waals surface area contributed by atoms with Gasteiger partial charge in [-0.15, -0.1) is 0 Å². The summed E-state index contributed by atoms with van der Waals surface area (Å²) in [5.41, 5.74) is 2.47. The Morgan fingerprint density at radius 3 is 2.65 bits per heavy atom. The average Bonchev–Trinajstić information content (AvgIpc) is 2.49. The van der Waals surface area contributed by atoms with Crippen LogP contribution in [0.1, 0.15) is 37.2 Å². The molecular weight excluding hydrogens is 254 g/mol. The maximum absolute atomic E-state index is 10.8. The minimum Gasteiger partial charge on any atom is -0.497 e. The molecule has 108 valence electrons. The van der Waals surface area contributed by atoms with E-state index in [1.165, 1.54) is 18.4 Å². The summed E-state index contributed by atoms with van der Waals surface area (Å²) in [6, 6.07) is 7.88. The molecule has 1 aliphatic rings. The first-order chi connectivity index (χ1) is 9.70. The summed E-state index contributed by atoms with van der Waals surface area (Å²) < 4.78 is 5.17. The molecule has 1 amide bonds. The Morgan fingerprint density at radius 1 is 1.35 bits per heavy atom. The molecule has 4 heteroatoms. The summed E-state index contributed by atoms with van der Waals surface area (Å²) in [5.74, 6) is 0.939. The SMILES string of the molecule is COc1ccc([C@H](CNC(=O)O)C2=CCCCC2)cc1. The lowest BCUT2D eigenvalue weighted by Gasteiger charge is -2.24. The Kier molecular flexibility index (Phi) is 5.04. The number of nitrogens with one attached hydrogen (secondary N) is 1. The zero-order valence-electron chi connectivity index (χ0n) is 11.8. The lowest BCUT2D eigenvalue weighted by atomic mass is 9.84. The molecule has 0 unspecified atom stereocenters. The van der Waals surface area contributed by atoms with Crippen LogP contribution in [0.2, 0.25) is 0 Å². The van der Waals surface area contributed by atoms with Gasteiger partial charge in [0.2, 0.25) is 0 Å². The van der Waals surface area contributed by atoms with Gasteiger partial charge in [-0.1, -0.05) is 23.8 Å². The smallest absolute Gasteiger partial charge is 0.404 e. The van der Waals surface area contributed by atoms with Gasteiger partial charge in [-0.05, 0) is 43.4 Å². The summed E-state index contributed by atoms with van der Waals surface area (Å²) in [5, 5.41) is 11.4. The maximum Gasteiger partial charge on any atom is 0.404 e. The molecular formula is C16H21NO3. The van der Waals surface area contributed by atoms with E-state index >= 15 is 0 Å². The van der Waals surface area contributed by atoms with Crippen LogP contribution in [0.3, 0.4) is 0 Å². The van der Waals surface area contributed by atoms with Crippen LogP contribution >= 0.6 is 0 Å². The maximum atomic E-state index is 10.8. The molecule has 2 rings (SSSR count). The Morgan fingerprint density at radius 2 is 2.10 bits per heavy atom. The van der Waals surface area contributed by atoms with Gasteiger partial charge in [0.05, 0.1) is 7.11 Å². The van der Waals surface area contributed by atoms with E-state index in [2.05, 4.69) is 11.4 Å². The predicted molar refractivity (Wildman–Crippen MR) is 78.3 cm³/mol. The molecule has 0 aliphatic heterocycles. The number of hydrogen-bond donors (Lipinski definition) is 2. The Labute approximate surface area is 119 Å². The summed E-state index contributed by atoms with van der Waals surface area (Å²) in [6.07, 6.45) is 5.85. The number of hydrogen-bond acceptors (Lipinski definition) is 2. The Bertz CT molecular complexity index is 479. The monoisotopic (exact) mass is 275 g/mol. The highest BCUT2D eigenvalue weighted by molar-refractivity contribution is 5.64. The van der Waals surface area contributed by atoms with E-state index in [1.54, 1.807) is 7.11 Å². The van der Waals surface area contributed by atoms with Crippen molar-refractivity contribution in [3.63, 3.8) is 0 Å². The summed E-state index contributed by atoms with van der Waals surface area (Å²) in [7, 11) is 1.64. The van der Waals surface area contributed by atoms with E-state index in [1.807, 2.05) is 24.3 Å². The van der Waals surface area contributed by atoms with Crippen molar-refractivity contribution in [1.82, 2.24) is 5.32 Å². The fourth-order valence-corrected chi connectivity index (χ4v) is 2.67. The van der Waals surface area contributed by atoms with Crippen molar-refractivity contribution in [2.75, 3.05) is 13.7 Å². The van der Waals surface area contributed by atoms with Crippen LogP contribution in [-0.4, -0.2) is 24.9 Å². The van der Waals surface area contributed by atoms with Gasteiger partial charge in [0.25, 0.3) is 0 Å². The van der Waals surface area contributed by atoms with E-state index in [4.69, 9.17) is 9.84 Å². The molecule has 0 saturated carbocycles. The second-order valence-electron chi connectivity index (χ2n) is 5.04. The van der Waals surface area contributed by atoms with Crippen LogP contribution in [0, 0.1) is 0 Å². The zero-order chi connectivity index (χ0) is 14.4. The molecule has 1 aliphatic carbocycles. The number of carboxylic acid groups (broad SMARTS) is 1. The molecule has 0 radical (unpaired) electrons. The lowest BCUT2D eigenvalue weighted by molar-refractivity contribution is 0.194. The quantitative estimate of drug-likeness (QED) is 0.808. The molecule has 1 aromatic rings. The van der Waals surface area contributed by atoms with Crippen molar-refractivity contribution in [3.8, 4) is 5.75 Å². The first kappa shape index (κ1) is 14.4. The molecule has 0 bridgehead atoms. The molecule has 0 fully saturated rings. The minimum absolute atomic E-state index is 0.123. The molecule has 4 nitrogen and oxygen atoms in total. The van der Waals surface area contributed by atoms with E-state index in [0.29, 0.717) is 6.54 Å². The molecule has 0 heterocycles. The zero-order valence-corrected chi connectivity index (χ0v) is 11.8. The third-order valence-electron chi connectivity index (χ3n) is 3.75. The number of ether oxygens (including phenoxy) is 1. The lowest BCUT2D eigenvalue weighted by Crippen LogP contribution is -2.28. The van der Waals surface area contributed by atoms with Crippen LogP contribution in [0.5, 0.6) is 5.75 Å². The topological polar surface area (TPSA) is 58.6 Å². The molecule has 1 aromatic carbocycles. The van der Waals surface area contributed by atoms with Gasteiger partial charge in [-0.25, -0.2) is 4.79 Å². The minimum atomic E-state index is -0.972. The predicted octanol–water partition coefficient (Wildman–Crippen LogP) is 3.55. The number of amides is 1. The van der Waals surface area contributed by atoms with Crippen molar-refractivity contribution in [2.24, 2.45) is 0 Å². The van der Waals surface area contributed by atoms with Gasteiger partial charge in [-0.2, -0.15) is 0 Å². The van der Waals surface area contributed by atoms with E-state index in [-0.39, 0.29) is 5.92 Å². The fraction of sp³-hybridized carbons (Fsp3) is 0.438. The van der Waals surface area contributed by atoms with E-state index in [9.17, 15) is 4.79 Å². The van der Waals surface area contributed by atoms with Crippen molar-refractivity contribution < 1.29 is 14.6 Å². The molecule has 0 aromatic heterocycles. The third-order valence-corrected chi connectivity index (χ3v) is 3.75. The van der Waals surface area contributed by atoms with Crippen molar-refractivity contribution in [1.29, 1.82) is 0 Å². The first-order valence-electron chi connectivity index (χ1n) is 7.00. The standard InChI is InChI=1S/C16H21NO3/c1-20-14-9-7-13(8-10-14)15(11-17-16(18)19)12-5-3-2-4-6-12/h5,7-10,15,17H,2-4,6,11H2,1H3,(H,18,19)/t15-/m1/s1. The van der Waals surface area contributed by atoms with Gasteiger partial charge in [-0.3, -0.25) is 0 Å². The van der Waals surface area contributed by atoms with E-state index < -0.39 is 6.09 Å². The van der Waals surface area contributed by atoms with Crippen LogP contribution in [-0.2, 0) is 0 Å². The number of allylic oxidation sites excluding steroid dienone is 1. The highest BCUT2D eigenvalue weighted by Crippen LogP contribution is 2.32. The highest BCUT2D eigenvalue weighted by Gasteiger charge is 2.19. The number of rotatable bonds is 5. The van der Waals surface area contributed by atoms with Crippen LogP contribution in [0.15, 0.2) is 35.9 Å². The van der Waals surface area contributed by atoms with Crippen molar-refractivity contribution in [3.05, 3.63) is 41.5 Å². The fourth-order valence-electron chi connectivity index (χ4n) is 2.67. The summed E-state index contributed by atoms with van der Waals surface area (Å²) in [6.45, 7) is 0.424. The van der Waals surface area contributed by atoms with Gasteiger partial charge >= 0.3 is 6.09 Å². The highest BCUT2D eigenvalue weighted by atomic mass is 16.5. The second-order valence-corrected chi connectivity index (χ2v) is 5.04. The van der Waals surface area contributed by atoms with Crippen LogP contribution < -0.4 is 10.1 Å². The average molecular weight is 275 g/mol. The number of methoxy groups -OCH3 is 1. The molecule has 20 heavy (non-hydrogen) atoms. The van der Waals surface area contributed by atoms with Crippen LogP contribution in [0.25, 0.3) is 0 Å². The number of benzene rings is 1. The normalized spacial score (nSPS) is 16.1. The second kappa shape index (κ2) is 6.98. The first-order valence-corrected chi connectivity index (χ1v) is 7.00. The third kappa shape index (κ3) is 3.76. The molecule has 2 N–H and O–H groups in total. The van der Waals surface area contributed by atoms with Crippen molar-refractivity contribution in [2.45, 2.75) is 31.6 Å². The Hall–Kier alpha value is -1.97.